The number of hydrogen-bond acceptors (Lipinski definition) is 5. The lowest BCUT2D eigenvalue weighted by atomic mass is 10.1. The number of halogens is 1. The highest BCUT2D eigenvalue weighted by molar-refractivity contribution is 9.10. The SMILES string of the molecule is Cc1nc(-c2cccc(Br)c2)ccc1C(=O)NCCN1C(=O)CSC1=O. The maximum atomic E-state index is 12.4. The second kappa shape index (κ2) is 8.01. The zero-order valence-corrected chi connectivity index (χ0v) is 16.4. The van der Waals surface area contributed by atoms with E-state index in [0.717, 1.165) is 32.4 Å². The van der Waals surface area contributed by atoms with Crippen molar-refractivity contribution in [2.24, 2.45) is 0 Å². The third kappa shape index (κ3) is 4.13. The van der Waals surface area contributed by atoms with Crippen LogP contribution in [0.25, 0.3) is 11.3 Å². The molecule has 1 aliphatic heterocycles. The van der Waals surface area contributed by atoms with Crippen molar-refractivity contribution in [3.8, 4) is 11.3 Å². The first kappa shape index (κ1) is 18.6. The van der Waals surface area contributed by atoms with Crippen LogP contribution in [0.5, 0.6) is 0 Å². The van der Waals surface area contributed by atoms with Crippen LogP contribution < -0.4 is 5.32 Å². The second-order valence-corrected chi connectivity index (χ2v) is 7.54. The Morgan fingerprint density at radius 2 is 2.12 bits per heavy atom. The highest BCUT2D eigenvalue weighted by atomic mass is 79.9. The monoisotopic (exact) mass is 433 g/mol. The van der Waals surface area contributed by atoms with Gasteiger partial charge in [0.05, 0.1) is 22.7 Å². The number of aryl methyl sites for hydroxylation is 1. The Bertz CT molecular complexity index is 872. The first-order valence-corrected chi connectivity index (χ1v) is 9.72. The average Bonchev–Trinajstić information content (AvgIpc) is 2.93. The summed E-state index contributed by atoms with van der Waals surface area (Å²) < 4.78 is 0.959. The number of imide groups is 1. The number of aromatic nitrogens is 1. The van der Waals surface area contributed by atoms with Gasteiger partial charge in [-0.3, -0.25) is 24.3 Å². The molecule has 2 heterocycles. The number of nitrogens with one attached hydrogen (secondary N) is 1. The fourth-order valence-electron chi connectivity index (χ4n) is 2.58. The Labute approximate surface area is 163 Å². The minimum absolute atomic E-state index is 0.173. The summed E-state index contributed by atoms with van der Waals surface area (Å²) in [5.74, 6) is -0.319. The molecule has 6 nitrogen and oxygen atoms in total. The summed E-state index contributed by atoms with van der Waals surface area (Å²) in [6.07, 6.45) is 0. The van der Waals surface area contributed by atoms with Crippen molar-refractivity contribution in [2.45, 2.75) is 6.92 Å². The average molecular weight is 434 g/mol. The predicted molar refractivity (Wildman–Crippen MR) is 104 cm³/mol. The zero-order chi connectivity index (χ0) is 18.7. The Kier molecular flexibility index (Phi) is 5.73. The highest BCUT2D eigenvalue weighted by Gasteiger charge is 2.29. The highest BCUT2D eigenvalue weighted by Crippen LogP contribution is 2.22. The summed E-state index contributed by atoms with van der Waals surface area (Å²) in [7, 11) is 0. The van der Waals surface area contributed by atoms with Crippen molar-refractivity contribution < 1.29 is 14.4 Å². The second-order valence-electron chi connectivity index (χ2n) is 5.70. The molecule has 2 aromatic rings. The number of rotatable bonds is 5. The summed E-state index contributed by atoms with van der Waals surface area (Å²) in [4.78, 5) is 41.1. The largest absolute Gasteiger partial charge is 0.350 e. The van der Waals surface area contributed by atoms with Gasteiger partial charge in [0.1, 0.15) is 0 Å². The molecule has 26 heavy (non-hydrogen) atoms. The molecule has 0 radical (unpaired) electrons. The van der Waals surface area contributed by atoms with Crippen LogP contribution in [0.4, 0.5) is 4.79 Å². The van der Waals surface area contributed by atoms with E-state index in [1.807, 2.05) is 24.3 Å². The number of thioether (sulfide) groups is 1. The van der Waals surface area contributed by atoms with E-state index < -0.39 is 0 Å². The number of hydrogen-bond donors (Lipinski definition) is 1. The van der Waals surface area contributed by atoms with Crippen LogP contribution in [0, 0.1) is 6.92 Å². The maximum Gasteiger partial charge on any atom is 0.288 e. The minimum Gasteiger partial charge on any atom is -0.350 e. The van der Waals surface area contributed by atoms with Crippen molar-refractivity contribution in [1.82, 2.24) is 15.2 Å². The van der Waals surface area contributed by atoms with Crippen molar-refractivity contribution in [3.05, 3.63) is 52.1 Å². The summed E-state index contributed by atoms with van der Waals surface area (Å²) in [5.41, 5.74) is 2.82. The summed E-state index contributed by atoms with van der Waals surface area (Å²) in [5, 5.41) is 2.47. The lowest BCUT2D eigenvalue weighted by molar-refractivity contribution is -0.124. The Morgan fingerprint density at radius 1 is 1.31 bits per heavy atom. The van der Waals surface area contributed by atoms with Gasteiger partial charge >= 0.3 is 0 Å². The number of benzene rings is 1. The van der Waals surface area contributed by atoms with Crippen molar-refractivity contribution >= 4 is 44.7 Å². The van der Waals surface area contributed by atoms with E-state index in [4.69, 9.17) is 0 Å². The van der Waals surface area contributed by atoms with Gasteiger partial charge in [-0.1, -0.05) is 39.8 Å². The molecule has 0 saturated carbocycles. The number of nitrogens with zero attached hydrogens (tertiary/aromatic N) is 2. The van der Waals surface area contributed by atoms with E-state index in [9.17, 15) is 14.4 Å². The molecular weight excluding hydrogens is 418 g/mol. The molecule has 0 unspecified atom stereocenters. The van der Waals surface area contributed by atoms with Crippen molar-refractivity contribution in [1.29, 1.82) is 0 Å². The Hall–Kier alpha value is -2.19. The molecule has 0 atom stereocenters. The quantitative estimate of drug-likeness (QED) is 0.782. The van der Waals surface area contributed by atoms with Gasteiger partial charge in [-0.2, -0.15) is 0 Å². The molecule has 8 heteroatoms. The number of carbonyl (C=O) groups excluding carboxylic acids is 3. The fraction of sp³-hybridized carbons (Fsp3) is 0.222. The van der Waals surface area contributed by atoms with E-state index in [2.05, 4.69) is 26.2 Å². The van der Waals surface area contributed by atoms with Crippen LogP contribution in [-0.4, -0.2) is 45.8 Å². The third-order valence-corrected chi connectivity index (χ3v) is 5.26. The van der Waals surface area contributed by atoms with Gasteiger partial charge in [0, 0.05) is 23.1 Å². The van der Waals surface area contributed by atoms with Crippen LogP contribution >= 0.6 is 27.7 Å². The summed E-state index contributed by atoms with van der Waals surface area (Å²) in [6, 6.07) is 11.3. The maximum absolute atomic E-state index is 12.4. The third-order valence-electron chi connectivity index (χ3n) is 3.91. The topological polar surface area (TPSA) is 79.4 Å². The molecule has 1 saturated heterocycles. The van der Waals surface area contributed by atoms with Crippen LogP contribution in [0.1, 0.15) is 16.1 Å². The van der Waals surface area contributed by atoms with Gasteiger partial charge < -0.3 is 5.32 Å². The van der Waals surface area contributed by atoms with Gasteiger partial charge in [-0.05, 0) is 31.2 Å². The fourth-order valence-corrected chi connectivity index (χ4v) is 3.73. The van der Waals surface area contributed by atoms with Gasteiger partial charge in [0.25, 0.3) is 11.1 Å². The molecule has 0 spiro atoms. The normalized spacial score (nSPS) is 14.0. The first-order chi connectivity index (χ1) is 12.5. The van der Waals surface area contributed by atoms with Gasteiger partial charge in [-0.15, -0.1) is 0 Å². The van der Waals surface area contributed by atoms with Crippen LogP contribution in [0.15, 0.2) is 40.9 Å². The van der Waals surface area contributed by atoms with Gasteiger partial charge in [-0.25, -0.2) is 0 Å². The minimum atomic E-state index is -0.275. The summed E-state index contributed by atoms with van der Waals surface area (Å²) >= 11 is 4.42. The van der Waals surface area contributed by atoms with Crippen molar-refractivity contribution in [2.75, 3.05) is 18.8 Å². The van der Waals surface area contributed by atoms with Crippen molar-refractivity contribution in [3.63, 3.8) is 0 Å². The molecule has 1 aromatic heterocycles. The Balaban J connectivity index is 1.64. The Morgan fingerprint density at radius 3 is 2.77 bits per heavy atom. The van der Waals surface area contributed by atoms with Crippen LogP contribution in [-0.2, 0) is 4.79 Å². The molecule has 1 N–H and O–H groups in total. The number of carbonyl (C=O) groups is 3. The summed E-state index contributed by atoms with van der Waals surface area (Å²) in [6.45, 7) is 2.17. The molecule has 3 rings (SSSR count). The molecule has 1 aromatic carbocycles. The first-order valence-electron chi connectivity index (χ1n) is 7.94. The zero-order valence-electron chi connectivity index (χ0n) is 14.0. The predicted octanol–water partition coefficient (Wildman–Crippen LogP) is 3.24. The lowest BCUT2D eigenvalue weighted by Crippen LogP contribution is -2.37. The molecule has 1 aliphatic rings. The molecule has 0 bridgehead atoms. The molecule has 134 valence electrons. The van der Waals surface area contributed by atoms with Crippen LogP contribution in [0.3, 0.4) is 0 Å². The van der Waals surface area contributed by atoms with Gasteiger partial charge in [0.15, 0.2) is 0 Å². The smallest absolute Gasteiger partial charge is 0.288 e. The standard InChI is InChI=1S/C18H16BrN3O3S/c1-11-14(5-6-15(21-11)12-3-2-4-13(19)9-12)17(24)20-7-8-22-16(23)10-26-18(22)25/h2-6,9H,7-8,10H2,1H3,(H,20,24). The molecule has 1 fully saturated rings. The van der Waals surface area contributed by atoms with E-state index >= 15 is 0 Å². The number of amides is 3. The van der Waals surface area contributed by atoms with E-state index in [1.54, 1.807) is 19.1 Å². The van der Waals surface area contributed by atoms with Crippen LogP contribution in [0.2, 0.25) is 0 Å². The molecule has 0 aliphatic carbocycles. The van der Waals surface area contributed by atoms with E-state index in [1.165, 1.54) is 0 Å². The van der Waals surface area contributed by atoms with Gasteiger partial charge in [0.2, 0.25) is 5.91 Å². The number of pyridine rings is 1. The lowest BCUT2D eigenvalue weighted by Gasteiger charge is -2.14. The molecule has 3 amide bonds. The van der Waals surface area contributed by atoms with E-state index in [0.29, 0.717) is 11.3 Å². The molecular formula is C18H16BrN3O3S. The van der Waals surface area contributed by atoms with E-state index in [-0.39, 0.29) is 35.9 Å².